The van der Waals surface area contributed by atoms with Crippen molar-refractivity contribution in [2.75, 3.05) is 5.32 Å². The van der Waals surface area contributed by atoms with Gasteiger partial charge in [-0.05, 0) is 66.0 Å². The number of rotatable bonds is 4. The molecule has 0 saturated heterocycles. The summed E-state index contributed by atoms with van der Waals surface area (Å²) in [6.45, 7) is 4.04. The zero-order valence-electron chi connectivity index (χ0n) is 11.0. The lowest BCUT2D eigenvalue weighted by atomic mass is 10.1. The van der Waals surface area contributed by atoms with Gasteiger partial charge in [-0.3, -0.25) is 0 Å². The smallest absolute Gasteiger partial charge is 0.126 e. The van der Waals surface area contributed by atoms with E-state index in [1.807, 2.05) is 31.2 Å². The Hall–Kier alpha value is -1.42. The van der Waals surface area contributed by atoms with E-state index >= 15 is 0 Å². The van der Waals surface area contributed by atoms with Crippen molar-refractivity contribution in [1.29, 1.82) is 0 Å². The summed E-state index contributed by atoms with van der Waals surface area (Å²) in [6.07, 6.45) is 0.830. The summed E-state index contributed by atoms with van der Waals surface area (Å²) >= 11 is 3.43. The molecule has 0 radical (unpaired) electrons. The van der Waals surface area contributed by atoms with E-state index in [9.17, 15) is 4.39 Å². The molecule has 2 aromatic rings. The molecule has 2 rings (SSSR count). The summed E-state index contributed by atoms with van der Waals surface area (Å²) in [7, 11) is 0. The highest BCUT2D eigenvalue weighted by molar-refractivity contribution is 9.10. The highest BCUT2D eigenvalue weighted by Crippen LogP contribution is 2.17. The summed E-state index contributed by atoms with van der Waals surface area (Å²) in [6, 6.07) is 10.8. The maximum atomic E-state index is 12.8. The molecule has 0 aliphatic heterocycles. The summed E-state index contributed by atoms with van der Waals surface area (Å²) < 4.78 is 13.8. The van der Waals surface area contributed by atoms with Crippen LogP contribution in [0.3, 0.4) is 0 Å². The van der Waals surface area contributed by atoms with Crippen LogP contribution >= 0.6 is 15.9 Å². The van der Waals surface area contributed by atoms with Gasteiger partial charge in [-0.2, -0.15) is 0 Å². The fourth-order valence-corrected chi connectivity index (χ4v) is 2.12. The Morgan fingerprint density at radius 2 is 1.89 bits per heavy atom. The van der Waals surface area contributed by atoms with E-state index in [0.29, 0.717) is 0 Å². The summed E-state index contributed by atoms with van der Waals surface area (Å²) in [5, 5.41) is 3.35. The van der Waals surface area contributed by atoms with Gasteiger partial charge in [0.25, 0.3) is 0 Å². The van der Waals surface area contributed by atoms with Gasteiger partial charge < -0.3 is 5.32 Å². The minimum atomic E-state index is -0.199. The largest absolute Gasteiger partial charge is 0.367 e. The number of aryl methyl sites for hydroxylation is 1. The molecule has 1 heterocycles. The number of anilines is 1. The molecule has 0 amide bonds. The van der Waals surface area contributed by atoms with E-state index in [2.05, 4.69) is 33.2 Å². The Morgan fingerprint density at radius 1 is 1.21 bits per heavy atom. The second kappa shape index (κ2) is 6.15. The molecule has 1 unspecified atom stereocenters. The normalized spacial score (nSPS) is 12.2. The van der Waals surface area contributed by atoms with Gasteiger partial charge >= 0.3 is 0 Å². The average Bonchev–Trinajstić information content (AvgIpc) is 2.37. The number of aromatic nitrogens is 1. The predicted octanol–water partition coefficient (Wildman–Crippen LogP) is 4.33. The van der Waals surface area contributed by atoms with Crippen LogP contribution in [0.1, 0.15) is 18.2 Å². The first-order chi connectivity index (χ1) is 9.04. The van der Waals surface area contributed by atoms with Crippen molar-refractivity contribution in [3.8, 4) is 0 Å². The van der Waals surface area contributed by atoms with E-state index < -0.39 is 0 Å². The van der Waals surface area contributed by atoms with Crippen molar-refractivity contribution in [3.63, 3.8) is 0 Å². The molecule has 0 fully saturated rings. The van der Waals surface area contributed by atoms with E-state index in [1.54, 1.807) is 0 Å². The lowest BCUT2D eigenvalue weighted by molar-refractivity contribution is 0.626. The summed E-state index contributed by atoms with van der Waals surface area (Å²) in [4.78, 5) is 4.45. The third kappa shape index (κ3) is 4.03. The number of halogens is 2. The number of hydrogen-bond acceptors (Lipinski definition) is 2. The van der Waals surface area contributed by atoms with Crippen LogP contribution in [0.25, 0.3) is 0 Å². The van der Waals surface area contributed by atoms with Crippen molar-refractivity contribution in [3.05, 3.63) is 57.9 Å². The second-order valence-corrected chi connectivity index (χ2v) is 5.49. The van der Waals surface area contributed by atoms with Gasteiger partial charge in [0.1, 0.15) is 11.6 Å². The Balaban J connectivity index is 1.98. The number of nitrogens with one attached hydrogen (secondary N) is 1. The fourth-order valence-electron chi connectivity index (χ4n) is 1.90. The second-order valence-electron chi connectivity index (χ2n) is 4.64. The van der Waals surface area contributed by atoms with E-state index in [1.165, 1.54) is 12.1 Å². The standard InChI is InChI=1S/C15H16BrFN2/c1-10(9-12-3-5-13(17)6-4-12)18-15-8-7-14(16)11(2)19-15/h3-8,10H,9H2,1-2H3,(H,18,19). The number of benzene rings is 1. The van der Waals surface area contributed by atoms with Crippen LogP contribution in [0.4, 0.5) is 10.2 Å². The summed E-state index contributed by atoms with van der Waals surface area (Å²) in [5.74, 6) is 0.657. The van der Waals surface area contributed by atoms with Crippen molar-refractivity contribution in [1.82, 2.24) is 4.98 Å². The first-order valence-electron chi connectivity index (χ1n) is 6.19. The monoisotopic (exact) mass is 322 g/mol. The Morgan fingerprint density at radius 3 is 2.53 bits per heavy atom. The summed E-state index contributed by atoms with van der Waals surface area (Å²) in [5.41, 5.74) is 2.06. The predicted molar refractivity (Wildman–Crippen MR) is 79.9 cm³/mol. The molecule has 1 N–H and O–H groups in total. The van der Waals surface area contributed by atoms with Gasteiger partial charge in [0.05, 0.1) is 5.69 Å². The fraction of sp³-hybridized carbons (Fsp3) is 0.267. The van der Waals surface area contributed by atoms with Crippen LogP contribution in [0.2, 0.25) is 0 Å². The molecule has 1 aromatic carbocycles. The Kier molecular flexibility index (Phi) is 4.53. The van der Waals surface area contributed by atoms with Gasteiger partial charge in [0.15, 0.2) is 0 Å². The molecular weight excluding hydrogens is 307 g/mol. The highest BCUT2D eigenvalue weighted by Gasteiger charge is 2.06. The topological polar surface area (TPSA) is 24.9 Å². The van der Waals surface area contributed by atoms with Crippen LogP contribution in [0.5, 0.6) is 0 Å². The van der Waals surface area contributed by atoms with E-state index in [-0.39, 0.29) is 11.9 Å². The van der Waals surface area contributed by atoms with Gasteiger partial charge in [-0.1, -0.05) is 12.1 Å². The van der Waals surface area contributed by atoms with Crippen LogP contribution in [-0.4, -0.2) is 11.0 Å². The molecule has 0 spiro atoms. The molecule has 0 saturated carbocycles. The Labute approximate surface area is 121 Å². The number of nitrogens with zero attached hydrogens (tertiary/aromatic N) is 1. The van der Waals surface area contributed by atoms with Crippen molar-refractivity contribution >= 4 is 21.7 Å². The number of pyridine rings is 1. The first-order valence-corrected chi connectivity index (χ1v) is 6.98. The minimum absolute atomic E-state index is 0.199. The minimum Gasteiger partial charge on any atom is -0.367 e. The van der Waals surface area contributed by atoms with Crippen molar-refractivity contribution in [2.24, 2.45) is 0 Å². The molecule has 1 atom stereocenters. The molecule has 1 aromatic heterocycles. The molecule has 0 aliphatic carbocycles. The van der Waals surface area contributed by atoms with Crippen LogP contribution in [0.15, 0.2) is 40.9 Å². The number of hydrogen-bond donors (Lipinski definition) is 1. The molecule has 19 heavy (non-hydrogen) atoms. The van der Waals surface area contributed by atoms with Gasteiger partial charge in [0, 0.05) is 10.5 Å². The Bertz CT molecular complexity index is 555. The van der Waals surface area contributed by atoms with Crippen LogP contribution in [0, 0.1) is 12.7 Å². The SMILES string of the molecule is Cc1nc(NC(C)Cc2ccc(F)cc2)ccc1Br. The lowest BCUT2D eigenvalue weighted by Gasteiger charge is -2.15. The van der Waals surface area contributed by atoms with Gasteiger partial charge in [-0.25, -0.2) is 9.37 Å². The van der Waals surface area contributed by atoms with E-state index in [4.69, 9.17) is 0 Å². The van der Waals surface area contributed by atoms with E-state index in [0.717, 1.165) is 28.0 Å². The van der Waals surface area contributed by atoms with Crippen molar-refractivity contribution in [2.45, 2.75) is 26.3 Å². The van der Waals surface area contributed by atoms with Crippen LogP contribution < -0.4 is 5.32 Å². The van der Waals surface area contributed by atoms with Crippen LogP contribution in [-0.2, 0) is 6.42 Å². The molecule has 0 bridgehead atoms. The third-order valence-electron chi connectivity index (χ3n) is 2.87. The maximum absolute atomic E-state index is 12.8. The highest BCUT2D eigenvalue weighted by atomic mass is 79.9. The van der Waals surface area contributed by atoms with Gasteiger partial charge in [-0.15, -0.1) is 0 Å². The first kappa shape index (κ1) is 14.0. The molecule has 4 heteroatoms. The zero-order chi connectivity index (χ0) is 13.8. The quantitative estimate of drug-likeness (QED) is 0.906. The molecular formula is C15H16BrFN2. The van der Waals surface area contributed by atoms with Gasteiger partial charge in [0.2, 0.25) is 0 Å². The molecule has 100 valence electrons. The molecule has 0 aliphatic rings. The molecule has 2 nitrogen and oxygen atoms in total. The average molecular weight is 323 g/mol. The maximum Gasteiger partial charge on any atom is 0.126 e. The lowest BCUT2D eigenvalue weighted by Crippen LogP contribution is -2.19. The third-order valence-corrected chi connectivity index (χ3v) is 3.71. The zero-order valence-corrected chi connectivity index (χ0v) is 12.5. The van der Waals surface area contributed by atoms with Crippen molar-refractivity contribution < 1.29 is 4.39 Å².